The molecule has 2 aliphatic heterocycles. The van der Waals surface area contributed by atoms with Gasteiger partial charge in [0.2, 0.25) is 5.91 Å². The quantitative estimate of drug-likeness (QED) is 0.686. The molecule has 10 heteroatoms. The van der Waals surface area contributed by atoms with Crippen LogP contribution in [-0.4, -0.2) is 62.0 Å². The molecule has 0 aliphatic carbocycles. The van der Waals surface area contributed by atoms with Gasteiger partial charge in [-0.15, -0.1) is 0 Å². The van der Waals surface area contributed by atoms with E-state index >= 15 is 0 Å². The van der Waals surface area contributed by atoms with Gasteiger partial charge in [0.1, 0.15) is 18.1 Å². The van der Waals surface area contributed by atoms with Crippen molar-refractivity contribution in [3.05, 3.63) is 54.3 Å². The molecule has 31 heavy (non-hydrogen) atoms. The van der Waals surface area contributed by atoms with Gasteiger partial charge in [-0.05, 0) is 55.5 Å². The molecule has 0 radical (unpaired) electrons. The fraction of sp³-hybridized carbons (Fsp3) is 0.333. The van der Waals surface area contributed by atoms with Crippen molar-refractivity contribution in [1.29, 1.82) is 0 Å². The van der Waals surface area contributed by atoms with Gasteiger partial charge in [-0.2, -0.15) is 0 Å². The molecule has 0 saturated carbocycles. The first-order valence-corrected chi connectivity index (χ1v) is 11.7. The number of anilines is 2. The van der Waals surface area contributed by atoms with Crippen LogP contribution in [0.4, 0.5) is 20.6 Å². The molecule has 1 N–H and O–H groups in total. The maximum Gasteiger partial charge on any atom is 0.325 e. The van der Waals surface area contributed by atoms with Crippen molar-refractivity contribution in [2.75, 3.05) is 34.9 Å². The predicted octanol–water partition coefficient (Wildman–Crippen LogP) is 2.27. The highest BCUT2D eigenvalue weighted by Crippen LogP contribution is 2.35. The lowest BCUT2D eigenvalue weighted by atomic mass is 10.1. The molecule has 2 aliphatic rings. The molecule has 4 rings (SSSR count). The number of benzene rings is 2. The number of nitrogens with zero attached hydrogens (tertiary/aromatic N) is 2. The van der Waals surface area contributed by atoms with Gasteiger partial charge in [0.05, 0.1) is 30.2 Å². The number of fused-ring (bicyclic) bond motifs is 1. The third-order valence-corrected chi connectivity index (χ3v) is 7.04. The number of hydrogen-bond donors (Lipinski definition) is 1. The minimum atomic E-state index is -3.37. The molecule has 2 fully saturated rings. The van der Waals surface area contributed by atoms with Crippen molar-refractivity contribution in [3.63, 3.8) is 0 Å². The Kier molecular flexibility index (Phi) is 5.57. The Hall–Kier alpha value is -3.14. The van der Waals surface area contributed by atoms with E-state index in [1.54, 1.807) is 24.3 Å². The zero-order valence-electron chi connectivity index (χ0n) is 16.8. The Labute approximate surface area is 179 Å². The fourth-order valence-electron chi connectivity index (χ4n) is 4.02. The molecule has 0 spiro atoms. The molecule has 0 bridgehead atoms. The molecular formula is C21H22FN3O5S. The summed E-state index contributed by atoms with van der Waals surface area (Å²) in [5.74, 6) is -0.641. The van der Waals surface area contributed by atoms with E-state index in [4.69, 9.17) is 4.74 Å². The molecule has 2 heterocycles. The van der Waals surface area contributed by atoms with Gasteiger partial charge in [0.15, 0.2) is 9.84 Å². The summed E-state index contributed by atoms with van der Waals surface area (Å²) >= 11 is 0. The van der Waals surface area contributed by atoms with E-state index in [9.17, 15) is 22.4 Å². The van der Waals surface area contributed by atoms with Crippen molar-refractivity contribution in [3.8, 4) is 5.75 Å². The van der Waals surface area contributed by atoms with Crippen LogP contribution in [0.25, 0.3) is 0 Å². The highest BCUT2D eigenvalue weighted by molar-refractivity contribution is 7.91. The monoisotopic (exact) mass is 447 g/mol. The number of nitrogens with one attached hydrogen (secondary N) is 1. The van der Waals surface area contributed by atoms with Crippen LogP contribution in [0, 0.1) is 5.82 Å². The standard InChI is InChI=1S/C21H22FN3O5S/c1-2-30-17-9-5-15(6-10-17)23-20(26)11-24-18-12-31(28,29)13-19(18)25(21(24)27)16-7-3-14(22)4-8-16/h3-10,18-19H,2,11-13H2,1H3,(H,23,26)/t18-,19-/m1/s1. The van der Waals surface area contributed by atoms with Crippen molar-refractivity contribution in [2.24, 2.45) is 0 Å². The Morgan fingerprint density at radius 1 is 1.10 bits per heavy atom. The minimum absolute atomic E-state index is 0.197. The highest BCUT2D eigenvalue weighted by atomic mass is 32.2. The Morgan fingerprint density at radius 2 is 1.74 bits per heavy atom. The first-order valence-electron chi connectivity index (χ1n) is 9.86. The van der Waals surface area contributed by atoms with Crippen LogP contribution < -0.4 is 15.0 Å². The van der Waals surface area contributed by atoms with E-state index in [2.05, 4.69) is 5.32 Å². The van der Waals surface area contributed by atoms with Gasteiger partial charge >= 0.3 is 6.03 Å². The lowest BCUT2D eigenvalue weighted by molar-refractivity contribution is -0.116. The zero-order chi connectivity index (χ0) is 22.2. The van der Waals surface area contributed by atoms with Crippen LogP contribution in [0.3, 0.4) is 0 Å². The van der Waals surface area contributed by atoms with Crippen LogP contribution in [0.5, 0.6) is 5.75 Å². The minimum Gasteiger partial charge on any atom is -0.494 e. The number of urea groups is 1. The third kappa shape index (κ3) is 4.34. The SMILES string of the molecule is CCOc1ccc(NC(=O)CN2C(=O)N(c3ccc(F)cc3)[C@@H]3CS(=O)(=O)C[C@H]32)cc1. The second-order valence-electron chi connectivity index (χ2n) is 7.47. The Balaban J connectivity index is 1.52. The van der Waals surface area contributed by atoms with Crippen LogP contribution >= 0.6 is 0 Å². The summed E-state index contributed by atoms with van der Waals surface area (Å²) in [5, 5.41) is 2.72. The van der Waals surface area contributed by atoms with Gasteiger partial charge in [-0.25, -0.2) is 17.6 Å². The molecule has 164 valence electrons. The van der Waals surface area contributed by atoms with Crippen molar-refractivity contribution < 1.29 is 27.1 Å². The van der Waals surface area contributed by atoms with Crippen molar-refractivity contribution in [1.82, 2.24) is 4.90 Å². The lowest BCUT2D eigenvalue weighted by Gasteiger charge is -2.22. The van der Waals surface area contributed by atoms with E-state index < -0.39 is 39.7 Å². The Bertz CT molecular complexity index is 1090. The van der Waals surface area contributed by atoms with Crippen molar-refractivity contribution >= 4 is 33.2 Å². The molecule has 2 atom stereocenters. The van der Waals surface area contributed by atoms with Gasteiger partial charge < -0.3 is 15.0 Å². The van der Waals surface area contributed by atoms with Crippen LogP contribution in [0.2, 0.25) is 0 Å². The molecule has 0 aromatic heterocycles. The molecule has 2 aromatic rings. The van der Waals surface area contributed by atoms with Crippen molar-refractivity contribution in [2.45, 2.75) is 19.0 Å². The van der Waals surface area contributed by atoms with Gasteiger partial charge in [0.25, 0.3) is 0 Å². The molecule has 0 unspecified atom stereocenters. The summed E-state index contributed by atoms with van der Waals surface area (Å²) in [5.41, 5.74) is 0.930. The summed E-state index contributed by atoms with van der Waals surface area (Å²) in [6.07, 6.45) is 0. The maximum atomic E-state index is 13.3. The molecule has 8 nitrogen and oxygen atoms in total. The number of halogens is 1. The zero-order valence-corrected chi connectivity index (χ0v) is 17.6. The molecule has 3 amide bonds. The molecular weight excluding hydrogens is 425 g/mol. The Morgan fingerprint density at radius 3 is 2.39 bits per heavy atom. The number of amides is 3. The summed E-state index contributed by atoms with van der Waals surface area (Å²) in [6, 6.07) is 10.3. The largest absolute Gasteiger partial charge is 0.494 e. The van der Waals surface area contributed by atoms with Crippen LogP contribution in [0.1, 0.15) is 6.92 Å². The van der Waals surface area contributed by atoms with Gasteiger partial charge in [0, 0.05) is 11.4 Å². The average molecular weight is 447 g/mol. The van der Waals surface area contributed by atoms with E-state index in [1.807, 2.05) is 6.92 Å². The molecule has 2 aromatic carbocycles. The van der Waals surface area contributed by atoms with E-state index in [0.29, 0.717) is 23.7 Å². The smallest absolute Gasteiger partial charge is 0.325 e. The van der Waals surface area contributed by atoms with E-state index in [1.165, 1.54) is 34.1 Å². The summed E-state index contributed by atoms with van der Waals surface area (Å²) in [6.45, 7) is 2.10. The number of carbonyl (C=O) groups is 2. The van der Waals surface area contributed by atoms with Gasteiger partial charge in [-0.3, -0.25) is 9.69 Å². The number of hydrogen-bond acceptors (Lipinski definition) is 5. The number of ether oxygens (including phenoxy) is 1. The fourth-order valence-corrected chi connectivity index (χ4v) is 5.97. The second-order valence-corrected chi connectivity index (χ2v) is 9.63. The second kappa shape index (κ2) is 8.18. The van der Waals surface area contributed by atoms with Crippen LogP contribution in [-0.2, 0) is 14.6 Å². The third-order valence-electron chi connectivity index (χ3n) is 5.35. The predicted molar refractivity (Wildman–Crippen MR) is 113 cm³/mol. The first kappa shape index (κ1) is 21.1. The lowest BCUT2D eigenvalue weighted by Crippen LogP contribution is -2.42. The number of carbonyl (C=O) groups excluding carboxylic acids is 2. The normalized spacial score (nSPS) is 21.8. The van der Waals surface area contributed by atoms with E-state index in [-0.39, 0.29) is 18.1 Å². The highest BCUT2D eigenvalue weighted by Gasteiger charge is 2.54. The summed E-state index contributed by atoms with van der Waals surface area (Å²) < 4.78 is 43.2. The average Bonchev–Trinajstić information content (AvgIpc) is 3.15. The summed E-state index contributed by atoms with van der Waals surface area (Å²) in [4.78, 5) is 28.3. The number of sulfone groups is 1. The van der Waals surface area contributed by atoms with Crippen LogP contribution in [0.15, 0.2) is 48.5 Å². The topological polar surface area (TPSA) is 96.0 Å². The maximum absolute atomic E-state index is 13.3. The molecule has 2 saturated heterocycles. The van der Waals surface area contributed by atoms with E-state index in [0.717, 1.165) is 0 Å². The van der Waals surface area contributed by atoms with Gasteiger partial charge in [-0.1, -0.05) is 0 Å². The summed E-state index contributed by atoms with van der Waals surface area (Å²) in [7, 11) is -3.37. The number of rotatable bonds is 6. The first-order chi connectivity index (χ1) is 14.8.